The van der Waals surface area contributed by atoms with Gasteiger partial charge in [-0.15, -0.1) is 21.5 Å². The van der Waals surface area contributed by atoms with Crippen molar-refractivity contribution < 1.29 is 9.21 Å². The lowest BCUT2D eigenvalue weighted by molar-refractivity contribution is -0.134. The zero-order valence-corrected chi connectivity index (χ0v) is 16.2. The van der Waals surface area contributed by atoms with Gasteiger partial charge in [-0.25, -0.2) is 0 Å². The molecule has 0 radical (unpaired) electrons. The lowest BCUT2D eigenvalue weighted by Crippen LogP contribution is -2.41. The van der Waals surface area contributed by atoms with E-state index >= 15 is 0 Å². The molecule has 27 heavy (non-hydrogen) atoms. The third kappa shape index (κ3) is 3.81. The summed E-state index contributed by atoms with van der Waals surface area (Å²) in [4.78, 5) is 16.1. The lowest BCUT2D eigenvalue weighted by Gasteiger charge is -2.33. The van der Waals surface area contributed by atoms with Gasteiger partial charge in [-0.05, 0) is 36.3 Å². The molecule has 1 amide bonds. The molecule has 1 fully saturated rings. The maximum atomic E-state index is 13.2. The van der Waals surface area contributed by atoms with Crippen LogP contribution in [0.1, 0.15) is 49.5 Å². The molecule has 2 unspecified atom stereocenters. The van der Waals surface area contributed by atoms with Crippen LogP contribution < -0.4 is 0 Å². The summed E-state index contributed by atoms with van der Waals surface area (Å²) >= 11 is 1.59. The summed E-state index contributed by atoms with van der Waals surface area (Å²) in [5.74, 6) is 1.43. The Labute approximate surface area is 163 Å². The Balaban J connectivity index is 1.48. The number of likely N-dealkylation sites (tertiary alicyclic amines) is 1. The summed E-state index contributed by atoms with van der Waals surface area (Å²) in [6.07, 6.45) is 2.73. The monoisotopic (exact) mass is 381 g/mol. The number of carbonyl (C=O) groups excluding carboxylic acids is 1. The molecule has 6 heteroatoms. The zero-order chi connectivity index (χ0) is 18.6. The van der Waals surface area contributed by atoms with E-state index < -0.39 is 0 Å². The number of amides is 1. The van der Waals surface area contributed by atoms with E-state index in [1.807, 2.05) is 52.7 Å². The topological polar surface area (TPSA) is 59.2 Å². The van der Waals surface area contributed by atoms with E-state index in [2.05, 4.69) is 17.1 Å². The highest BCUT2D eigenvalue weighted by atomic mass is 32.1. The van der Waals surface area contributed by atoms with Gasteiger partial charge in [0, 0.05) is 13.1 Å². The van der Waals surface area contributed by atoms with E-state index in [0.29, 0.717) is 18.3 Å². The Morgan fingerprint density at radius 1 is 1.26 bits per heavy atom. The van der Waals surface area contributed by atoms with Gasteiger partial charge >= 0.3 is 0 Å². The molecule has 2 aromatic heterocycles. The van der Waals surface area contributed by atoms with Gasteiger partial charge in [0.1, 0.15) is 0 Å². The number of piperidine rings is 1. The fraction of sp³-hybridized carbons (Fsp3) is 0.381. The van der Waals surface area contributed by atoms with Crippen molar-refractivity contribution in [2.75, 3.05) is 13.1 Å². The molecule has 1 aliphatic rings. The van der Waals surface area contributed by atoms with Crippen LogP contribution in [0.3, 0.4) is 0 Å². The van der Waals surface area contributed by atoms with Crippen LogP contribution in [-0.2, 0) is 4.79 Å². The summed E-state index contributed by atoms with van der Waals surface area (Å²) in [5.41, 5.74) is 1.09. The maximum absolute atomic E-state index is 13.2. The molecule has 1 aliphatic heterocycles. The highest BCUT2D eigenvalue weighted by Crippen LogP contribution is 2.32. The second kappa shape index (κ2) is 8.05. The number of rotatable bonds is 5. The second-order valence-corrected chi connectivity index (χ2v) is 7.87. The highest BCUT2D eigenvalue weighted by molar-refractivity contribution is 7.13. The van der Waals surface area contributed by atoms with E-state index in [4.69, 9.17) is 4.42 Å². The quantitative estimate of drug-likeness (QED) is 0.643. The summed E-state index contributed by atoms with van der Waals surface area (Å²) < 4.78 is 5.92. The van der Waals surface area contributed by atoms with Gasteiger partial charge in [0.05, 0.1) is 16.7 Å². The van der Waals surface area contributed by atoms with Crippen LogP contribution in [0.2, 0.25) is 0 Å². The number of nitrogens with zero attached hydrogens (tertiary/aromatic N) is 3. The Morgan fingerprint density at radius 3 is 2.85 bits per heavy atom. The van der Waals surface area contributed by atoms with Crippen LogP contribution in [0.4, 0.5) is 0 Å². The molecule has 0 aliphatic carbocycles. The van der Waals surface area contributed by atoms with Crippen molar-refractivity contribution in [3.05, 3.63) is 59.3 Å². The van der Waals surface area contributed by atoms with Crippen LogP contribution in [0.5, 0.6) is 0 Å². The average molecular weight is 382 g/mol. The average Bonchev–Trinajstić information content (AvgIpc) is 3.41. The number of hydrogen-bond acceptors (Lipinski definition) is 5. The molecular formula is C21H23N3O2S. The smallest absolute Gasteiger partial charge is 0.257 e. The molecule has 0 bridgehead atoms. The standard InChI is InChI=1S/C21H23N3O2S/c1-2-17(15-8-4-3-5-9-15)21(25)24-12-6-10-16(14-24)19-22-23-20(26-19)18-11-7-13-27-18/h3-5,7-9,11,13,16-17H,2,6,10,12,14H2,1H3. The van der Waals surface area contributed by atoms with Crippen molar-refractivity contribution in [1.82, 2.24) is 15.1 Å². The third-order valence-electron chi connectivity index (χ3n) is 5.16. The van der Waals surface area contributed by atoms with Gasteiger partial charge in [0.25, 0.3) is 5.89 Å². The molecule has 3 aromatic rings. The number of benzene rings is 1. The van der Waals surface area contributed by atoms with Crippen LogP contribution in [0.15, 0.2) is 52.3 Å². The van der Waals surface area contributed by atoms with Crippen molar-refractivity contribution in [1.29, 1.82) is 0 Å². The minimum atomic E-state index is -0.0886. The summed E-state index contributed by atoms with van der Waals surface area (Å²) in [6, 6.07) is 14.0. The van der Waals surface area contributed by atoms with E-state index in [-0.39, 0.29) is 17.7 Å². The van der Waals surface area contributed by atoms with E-state index in [9.17, 15) is 4.79 Å². The first kappa shape index (κ1) is 17.9. The van der Waals surface area contributed by atoms with E-state index in [0.717, 1.165) is 36.2 Å². The van der Waals surface area contributed by atoms with Crippen LogP contribution in [0.25, 0.3) is 10.8 Å². The molecule has 1 saturated heterocycles. The zero-order valence-electron chi connectivity index (χ0n) is 15.4. The molecule has 0 saturated carbocycles. The Kier molecular flexibility index (Phi) is 5.34. The van der Waals surface area contributed by atoms with Gasteiger partial charge < -0.3 is 9.32 Å². The normalized spacial score (nSPS) is 18.4. The first-order valence-electron chi connectivity index (χ1n) is 9.47. The predicted octanol–water partition coefficient (Wildman–Crippen LogP) is 4.70. The van der Waals surface area contributed by atoms with Gasteiger partial charge in [0.2, 0.25) is 11.8 Å². The third-order valence-corrected chi connectivity index (χ3v) is 6.02. The van der Waals surface area contributed by atoms with Crippen molar-refractivity contribution in [2.24, 2.45) is 0 Å². The predicted molar refractivity (Wildman–Crippen MR) is 106 cm³/mol. The number of carbonyl (C=O) groups is 1. The number of thiophene rings is 1. The minimum Gasteiger partial charge on any atom is -0.420 e. The van der Waals surface area contributed by atoms with Gasteiger partial charge in [-0.1, -0.05) is 43.3 Å². The van der Waals surface area contributed by atoms with Crippen LogP contribution >= 0.6 is 11.3 Å². The van der Waals surface area contributed by atoms with Gasteiger partial charge in [-0.3, -0.25) is 4.79 Å². The molecule has 4 rings (SSSR count). The second-order valence-electron chi connectivity index (χ2n) is 6.92. The summed E-state index contributed by atoms with van der Waals surface area (Å²) in [7, 11) is 0. The first-order valence-corrected chi connectivity index (χ1v) is 10.3. The molecule has 2 atom stereocenters. The summed E-state index contributed by atoms with van der Waals surface area (Å²) in [5, 5.41) is 10.5. The van der Waals surface area contributed by atoms with Gasteiger partial charge in [0.15, 0.2) is 0 Å². The SMILES string of the molecule is CCC(C(=O)N1CCCC(c2nnc(-c3cccs3)o2)C1)c1ccccc1. The van der Waals surface area contributed by atoms with Crippen molar-refractivity contribution in [3.8, 4) is 10.8 Å². The van der Waals surface area contributed by atoms with Crippen molar-refractivity contribution in [2.45, 2.75) is 38.0 Å². The van der Waals surface area contributed by atoms with Crippen LogP contribution in [0, 0.1) is 0 Å². The molecule has 0 spiro atoms. The fourth-order valence-corrected chi connectivity index (χ4v) is 4.38. The van der Waals surface area contributed by atoms with Gasteiger partial charge in [-0.2, -0.15) is 0 Å². The molecule has 140 valence electrons. The molecule has 1 aromatic carbocycles. The largest absolute Gasteiger partial charge is 0.420 e. The molecule has 5 nitrogen and oxygen atoms in total. The molecular weight excluding hydrogens is 358 g/mol. The summed E-state index contributed by atoms with van der Waals surface area (Å²) in [6.45, 7) is 3.52. The lowest BCUT2D eigenvalue weighted by atomic mass is 9.92. The van der Waals surface area contributed by atoms with E-state index in [1.165, 1.54) is 0 Å². The maximum Gasteiger partial charge on any atom is 0.257 e. The Morgan fingerprint density at radius 2 is 2.11 bits per heavy atom. The molecule has 0 N–H and O–H groups in total. The van der Waals surface area contributed by atoms with E-state index in [1.54, 1.807) is 11.3 Å². The Bertz CT molecular complexity index is 876. The fourth-order valence-electron chi connectivity index (χ4n) is 3.74. The molecule has 3 heterocycles. The van der Waals surface area contributed by atoms with Crippen molar-refractivity contribution in [3.63, 3.8) is 0 Å². The number of aromatic nitrogens is 2. The van der Waals surface area contributed by atoms with Crippen LogP contribution in [-0.4, -0.2) is 34.1 Å². The minimum absolute atomic E-state index is 0.0886. The highest BCUT2D eigenvalue weighted by Gasteiger charge is 2.31. The number of hydrogen-bond donors (Lipinski definition) is 0. The Hall–Kier alpha value is -2.47. The van der Waals surface area contributed by atoms with Crippen molar-refractivity contribution >= 4 is 17.2 Å². The first-order chi connectivity index (χ1) is 13.3.